The summed E-state index contributed by atoms with van der Waals surface area (Å²) in [6, 6.07) is 1.16. The first-order valence-electron chi connectivity index (χ1n) is 18.9. The van der Waals surface area contributed by atoms with Crippen LogP contribution in [0.1, 0.15) is 174 Å². The summed E-state index contributed by atoms with van der Waals surface area (Å²) in [6.45, 7) is 3.95. The maximum Gasteiger partial charge on any atom is 0.330 e. The van der Waals surface area contributed by atoms with Crippen molar-refractivity contribution in [2.75, 3.05) is 6.61 Å². The Balaban J connectivity index is 1.84. The van der Waals surface area contributed by atoms with Crippen LogP contribution in [0, 0.1) is 0 Å². The quantitative estimate of drug-likeness (QED) is 0.0689. The largest absolute Gasteiger partial charge is 0.455 e. The normalized spacial score (nSPS) is 19.2. The molecule has 2 heterocycles. The number of aliphatic hydroxyl groups excluding tert-OH is 1. The predicted molar refractivity (Wildman–Crippen MR) is 184 cm³/mol. The van der Waals surface area contributed by atoms with Gasteiger partial charge in [-0.15, -0.1) is 0 Å². The number of H-pyrrole nitrogens is 1. The monoisotopic (exact) mass is 664 g/mol. The van der Waals surface area contributed by atoms with Crippen molar-refractivity contribution in [1.29, 1.82) is 0 Å². The van der Waals surface area contributed by atoms with Crippen LogP contribution < -0.4 is 11.2 Å². The Hall–Kier alpha value is -2.46. The van der Waals surface area contributed by atoms with Gasteiger partial charge < -0.3 is 19.3 Å². The number of unbranched alkanes of at least 4 members (excludes halogenated alkanes) is 20. The molecule has 0 saturated carbocycles. The van der Waals surface area contributed by atoms with Crippen LogP contribution >= 0.6 is 0 Å². The third-order valence-electron chi connectivity index (χ3n) is 9.09. The van der Waals surface area contributed by atoms with E-state index in [9.17, 15) is 24.3 Å². The molecule has 0 aromatic carbocycles. The lowest BCUT2D eigenvalue weighted by molar-refractivity contribution is -0.169. The Morgan fingerprint density at radius 3 is 1.49 bits per heavy atom. The summed E-state index contributed by atoms with van der Waals surface area (Å²) in [5.74, 6) is -0.948. The first kappa shape index (κ1) is 40.7. The molecule has 1 aromatic rings. The first-order chi connectivity index (χ1) is 22.9. The number of esters is 2. The summed E-state index contributed by atoms with van der Waals surface area (Å²) in [5, 5.41) is 10.1. The molecule has 10 nitrogen and oxygen atoms in total. The number of rotatable bonds is 28. The Morgan fingerprint density at radius 1 is 0.681 bits per heavy atom. The van der Waals surface area contributed by atoms with Crippen LogP contribution in [0.2, 0.25) is 0 Å². The molecule has 0 bridgehead atoms. The number of nitrogens with one attached hydrogen (secondary N) is 1. The van der Waals surface area contributed by atoms with Gasteiger partial charge in [0.15, 0.2) is 18.4 Å². The molecule has 1 aromatic heterocycles. The molecule has 47 heavy (non-hydrogen) atoms. The highest BCUT2D eigenvalue weighted by Gasteiger charge is 2.50. The molecule has 1 saturated heterocycles. The number of aromatic nitrogens is 2. The highest BCUT2D eigenvalue weighted by Crippen LogP contribution is 2.33. The minimum absolute atomic E-state index is 0.184. The van der Waals surface area contributed by atoms with E-state index in [1.165, 1.54) is 96.1 Å². The first-order valence-corrected chi connectivity index (χ1v) is 18.9. The van der Waals surface area contributed by atoms with Crippen molar-refractivity contribution in [3.63, 3.8) is 0 Å². The number of ether oxygens (including phenoxy) is 3. The molecular formula is C37H64N2O8. The molecule has 2 N–H and O–H groups in total. The molecule has 0 radical (unpaired) electrons. The molecule has 0 aliphatic carbocycles. The van der Waals surface area contributed by atoms with Crippen molar-refractivity contribution in [2.24, 2.45) is 0 Å². The van der Waals surface area contributed by atoms with Crippen molar-refractivity contribution >= 4 is 11.9 Å². The molecule has 0 spiro atoms. The van der Waals surface area contributed by atoms with Crippen molar-refractivity contribution < 1.29 is 28.9 Å². The topological polar surface area (TPSA) is 137 Å². The highest BCUT2D eigenvalue weighted by molar-refractivity contribution is 5.70. The number of aliphatic hydroxyl groups is 1. The van der Waals surface area contributed by atoms with E-state index in [4.69, 9.17) is 14.2 Å². The van der Waals surface area contributed by atoms with Crippen LogP contribution in [0.15, 0.2) is 21.9 Å². The zero-order valence-electron chi connectivity index (χ0n) is 29.4. The fraction of sp³-hybridized carbons (Fsp3) is 0.838. The lowest BCUT2D eigenvalue weighted by Crippen LogP contribution is -2.42. The molecule has 4 atom stereocenters. The van der Waals surface area contributed by atoms with E-state index in [-0.39, 0.29) is 12.8 Å². The fourth-order valence-corrected chi connectivity index (χ4v) is 6.26. The van der Waals surface area contributed by atoms with E-state index < -0.39 is 54.3 Å². The molecule has 2 rings (SSSR count). The molecule has 270 valence electrons. The second-order valence-corrected chi connectivity index (χ2v) is 13.2. The van der Waals surface area contributed by atoms with Gasteiger partial charge in [-0.25, -0.2) is 4.79 Å². The number of aromatic amines is 1. The lowest BCUT2D eigenvalue weighted by Gasteiger charge is -2.24. The van der Waals surface area contributed by atoms with E-state index in [1.807, 2.05) is 0 Å². The summed E-state index contributed by atoms with van der Waals surface area (Å²) < 4.78 is 18.6. The van der Waals surface area contributed by atoms with E-state index >= 15 is 0 Å². The van der Waals surface area contributed by atoms with Gasteiger partial charge in [0.05, 0.1) is 6.61 Å². The van der Waals surface area contributed by atoms with Crippen LogP contribution in [-0.4, -0.2) is 51.5 Å². The maximum atomic E-state index is 13.0. The molecule has 1 aliphatic heterocycles. The van der Waals surface area contributed by atoms with Gasteiger partial charge in [0.1, 0.15) is 6.10 Å². The van der Waals surface area contributed by atoms with E-state index in [1.54, 1.807) is 0 Å². The van der Waals surface area contributed by atoms with Gasteiger partial charge in [-0.05, 0) is 12.8 Å². The van der Waals surface area contributed by atoms with Crippen LogP contribution in [-0.2, 0) is 23.8 Å². The third kappa shape index (κ3) is 17.0. The van der Waals surface area contributed by atoms with Crippen LogP contribution in [0.25, 0.3) is 0 Å². The molecule has 1 fully saturated rings. The second-order valence-electron chi connectivity index (χ2n) is 13.2. The van der Waals surface area contributed by atoms with Gasteiger partial charge >= 0.3 is 17.6 Å². The van der Waals surface area contributed by atoms with Gasteiger partial charge in [-0.1, -0.05) is 142 Å². The van der Waals surface area contributed by atoms with Crippen molar-refractivity contribution in [1.82, 2.24) is 9.55 Å². The summed E-state index contributed by atoms with van der Waals surface area (Å²) >= 11 is 0. The number of hydrogen-bond donors (Lipinski definition) is 2. The van der Waals surface area contributed by atoms with Crippen molar-refractivity contribution in [2.45, 2.75) is 192 Å². The fourth-order valence-electron chi connectivity index (χ4n) is 6.26. The Morgan fingerprint density at radius 2 is 1.09 bits per heavy atom. The summed E-state index contributed by atoms with van der Waals surface area (Å²) in [6.07, 6.45) is 22.7. The standard InChI is InChI=1S/C37H64N2O8/c1-3-5-7-9-11-13-15-17-19-21-23-25-32(42)46-34-30(29-40)45-36(39-28-27-31(41)38-37(39)44)35(34)47-33(43)26-24-22-20-18-16-14-12-10-8-6-4-2/h27-28,30,34-36,40H,3-26,29H2,1-2H3,(H,38,41,44)/t30-,34-,35-,36-/m1/s1. The number of carbonyl (C=O) groups is 2. The van der Waals surface area contributed by atoms with Gasteiger partial charge in [0, 0.05) is 25.1 Å². The Kier molecular flexibility index (Phi) is 22.1. The lowest BCUT2D eigenvalue weighted by atomic mass is 10.1. The van der Waals surface area contributed by atoms with Gasteiger partial charge in [-0.2, -0.15) is 0 Å². The SMILES string of the molecule is CCCCCCCCCCCCCC(=O)O[C@@H]1[C@H](OC(=O)CCCCCCCCCCCCC)[C@@H](CO)O[C@H]1n1ccc(=O)[nH]c1=O. The number of nitrogens with zero attached hydrogens (tertiary/aromatic N) is 1. The number of hydrogen-bond acceptors (Lipinski definition) is 8. The third-order valence-corrected chi connectivity index (χ3v) is 9.09. The van der Waals surface area contributed by atoms with Gasteiger partial charge in [-0.3, -0.25) is 23.9 Å². The zero-order valence-corrected chi connectivity index (χ0v) is 29.4. The van der Waals surface area contributed by atoms with Crippen LogP contribution in [0.5, 0.6) is 0 Å². The molecule has 0 amide bonds. The average Bonchev–Trinajstić information content (AvgIpc) is 3.38. The molecule has 1 aliphatic rings. The Labute approximate surface area is 282 Å². The van der Waals surface area contributed by atoms with E-state index in [0.717, 1.165) is 49.2 Å². The molecule has 10 heteroatoms. The van der Waals surface area contributed by atoms with E-state index in [0.29, 0.717) is 12.8 Å². The van der Waals surface area contributed by atoms with E-state index in [2.05, 4.69) is 18.8 Å². The summed E-state index contributed by atoms with van der Waals surface area (Å²) in [7, 11) is 0. The van der Waals surface area contributed by atoms with Crippen LogP contribution in [0.3, 0.4) is 0 Å². The molecule has 0 unspecified atom stereocenters. The maximum absolute atomic E-state index is 13.0. The van der Waals surface area contributed by atoms with Crippen molar-refractivity contribution in [3.05, 3.63) is 33.1 Å². The highest BCUT2D eigenvalue weighted by atomic mass is 16.6. The average molecular weight is 665 g/mol. The van der Waals surface area contributed by atoms with Crippen LogP contribution in [0.4, 0.5) is 0 Å². The smallest absolute Gasteiger partial charge is 0.330 e. The summed E-state index contributed by atoms with van der Waals surface area (Å²) in [4.78, 5) is 52.3. The summed E-state index contributed by atoms with van der Waals surface area (Å²) in [5.41, 5.74) is -1.33. The minimum Gasteiger partial charge on any atom is -0.455 e. The minimum atomic E-state index is -1.17. The number of carbonyl (C=O) groups excluding carboxylic acids is 2. The second kappa shape index (κ2) is 25.5. The van der Waals surface area contributed by atoms with Gasteiger partial charge in [0.25, 0.3) is 5.56 Å². The predicted octanol–water partition coefficient (Wildman–Crippen LogP) is 7.65. The molecular weight excluding hydrogens is 600 g/mol. The van der Waals surface area contributed by atoms with Gasteiger partial charge in [0.2, 0.25) is 0 Å². The Bertz CT molecular complexity index is 1090. The van der Waals surface area contributed by atoms with Crippen molar-refractivity contribution in [3.8, 4) is 0 Å². The zero-order chi connectivity index (χ0) is 34.1.